The van der Waals surface area contributed by atoms with Gasteiger partial charge < -0.3 is 9.84 Å². The second-order valence-electron chi connectivity index (χ2n) is 3.34. The molecule has 0 saturated carbocycles. The highest BCUT2D eigenvalue weighted by Gasteiger charge is 2.10. The van der Waals surface area contributed by atoms with E-state index in [2.05, 4.69) is 15.5 Å². The lowest BCUT2D eigenvalue weighted by molar-refractivity contribution is 0.388. The predicted octanol–water partition coefficient (Wildman–Crippen LogP) is 2.41. The number of hydrogen-bond donors (Lipinski definition) is 1. The van der Waals surface area contributed by atoms with Gasteiger partial charge in [-0.3, -0.25) is 0 Å². The number of aryl methyl sites for hydroxylation is 1. The zero-order chi connectivity index (χ0) is 12.4. The first kappa shape index (κ1) is 11.4. The summed E-state index contributed by atoms with van der Waals surface area (Å²) in [5, 5.41) is 6.23. The Labute approximate surface area is 94.4 Å². The van der Waals surface area contributed by atoms with Crippen LogP contribution in [-0.2, 0) is 6.54 Å². The fourth-order valence-corrected chi connectivity index (χ4v) is 1.25. The van der Waals surface area contributed by atoms with Gasteiger partial charge in [-0.2, -0.15) is 4.98 Å². The van der Waals surface area contributed by atoms with E-state index in [0.29, 0.717) is 11.7 Å². The molecule has 0 fully saturated rings. The highest BCUT2D eigenvalue weighted by atomic mass is 19.2. The van der Waals surface area contributed by atoms with Crippen molar-refractivity contribution in [3.8, 4) is 0 Å². The van der Waals surface area contributed by atoms with Gasteiger partial charge in [-0.15, -0.1) is 0 Å². The molecule has 0 spiro atoms. The third-order valence-corrected chi connectivity index (χ3v) is 2.00. The molecule has 0 unspecified atom stereocenters. The van der Waals surface area contributed by atoms with Crippen molar-refractivity contribution in [1.82, 2.24) is 10.1 Å². The van der Waals surface area contributed by atoms with Crippen LogP contribution in [0.2, 0.25) is 0 Å². The van der Waals surface area contributed by atoms with Gasteiger partial charge in [0.2, 0.25) is 5.89 Å². The van der Waals surface area contributed by atoms with Gasteiger partial charge in [-0.05, 0) is 0 Å². The van der Waals surface area contributed by atoms with Gasteiger partial charge in [0.15, 0.2) is 23.3 Å². The molecule has 90 valence electrons. The third-order valence-electron chi connectivity index (χ3n) is 2.00. The number of rotatable bonds is 3. The molecule has 2 rings (SSSR count). The summed E-state index contributed by atoms with van der Waals surface area (Å²) in [6.07, 6.45) is 0. The second kappa shape index (κ2) is 4.44. The average Bonchev–Trinajstić information content (AvgIpc) is 2.69. The molecule has 0 atom stereocenters. The van der Waals surface area contributed by atoms with Crippen molar-refractivity contribution >= 4 is 5.69 Å². The summed E-state index contributed by atoms with van der Waals surface area (Å²) in [5.41, 5.74) is 0.101. The van der Waals surface area contributed by atoms with Gasteiger partial charge in [0.05, 0.1) is 6.54 Å². The van der Waals surface area contributed by atoms with Crippen molar-refractivity contribution in [1.29, 1.82) is 0 Å². The largest absolute Gasteiger partial charge is 0.377 e. The van der Waals surface area contributed by atoms with Crippen LogP contribution in [-0.4, -0.2) is 10.1 Å². The van der Waals surface area contributed by atoms with Crippen molar-refractivity contribution in [3.05, 3.63) is 41.3 Å². The van der Waals surface area contributed by atoms with Crippen LogP contribution in [0.1, 0.15) is 11.7 Å². The molecule has 0 bridgehead atoms. The fraction of sp³-hybridized carbons (Fsp3) is 0.200. The summed E-state index contributed by atoms with van der Waals surface area (Å²) in [4.78, 5) is 3.89. The van der Waals surface area contributed by atoms with Crippen molar-refractivity contribution in [3.63, 3.8) is 0 Å². The van der Waals surface area contributed by atoms with Gasteiger partial charge in [0.1, 0.15) is 0 Å². The molecule has 0 saturated heterocycles. The topological polar surface area (TPSA) is 51.0 Å². The van der Waals surface area contributed by atoms with Crippen LogP contribution < -0.4 is 5.32 Å². The van der Waals surface area contributed by atoms with Crippen molar-refractivity contribution in [2.75, 3.05) is 5.32 Å². The molecular weight excluding hydrogens is 235 g/mol. The van der Waals surface area contributed by atoms with Crippen LogP contribution in [0.15, 0.2) is 16.7 Å². The van der Waals surface area contributed by atoms with Crippen molar-refractivity contribution in [2.24, 2.45) is 0 Å². The van der Waals surface area contributed by atoms with Gasteiger partial charge >= 0.3 is 0 Å². The lowest BCUT2D eigenvalue weighted by Crippen LogP contribution is -2.03. The van der Waals surface area contributed by atoms with Gasteiger partial charge in [-0.1, -0.05) is 5.16 Å². The Morgan fingerprint density at radius 3 is 2.41 bits per heavy atom. The lowest BCUT2D eigenvalue weighted by atomic mass is 10.3. The first-order valence-electron chi connectivity index (χ1n) is 4.74. The predicted molar refractivity (Wildman–Crippen MR) is 52.7 cm³/mol. The maximum absolute atomic E-state index is 12.9. The summed E-state index contributed by atoms with van der Waals surface area (Å²) in [5.74, 6) is -3.27. The summed E-state index contributed by atoms with van der Waals surface area (Å²) in [6, 6.07) is 1.71. The summed E-state index contributed by atoms with van der Waals surface area (Å²) >= 11 is 0. The molecule has 1 aromatic carbocycles. The van der Waals surface area contributed by atoms with Gasteiger partial charge in [-0.25, -0.2) is 13.2 Å². The number of hydrogen-bond acceptors (Lipinski definition) is 4. The first-order chi connectivity index (χ1) is 8.06. The Balaban J connectivity index is 2.09. The molecule has 0 aliphatic rings. The fourth-order valence-electron chi connectivity index (χ4n) is 1.25. The Kier molecular flexibility index (Phi) is 2.99. The van der Waals surface area contributed by atoms with E-state index in [4.69, 9.17) is 4.52 Å². The lowest BCUT2D eigenvalue weighted by Gasteiger charge is -2.04. The van der Waals surface area contributed by atoms with E-state index in [1.165, 1.54) is 0 Å². The standard InChI is InChI=1S/C10H8F3N3O/c1-5-15-9(16-17-5)4-14-6-2-7(11)10(13)8(12)3-6/h2-3,14H,4H2,1H3. The van der Waals surface area contributed by atoms with E-state index in [9.17, 15) is 13.2 Å². The van der Waals surface area contributed by atoms with E-state index in [0.717, 1.165) is 12.1 Å². The highest BCUT2D eigenvalue weighted by Crippen LogP contribution is 2.17. The molecule has 17 heavy (non-hydrogen) atoms. The monoisotopic (exact) mass is 243 g/mol. The summed E-state index contributed by atoms with van der Waals surface area (Å²) in [6.45, 7) is 1.75. The molecule has 1 heterocycles. The number of nitrogens with zero attached hydrogens (tertiary/aromatic N) is 2. The Hall–Kier alpha value is -2.05. The number of benzene rings is 1. The number of aromatic nitrogens is 2. The highest BCUT2D eigenvalue weighted by molar-refractivity contribution is 5.44. The Bertz CT molecular complexity index is 518. The van der Waals surface area contributed by atoms with Crippen LogP contribution in [0.5, 0.6) is 0 Å². The van der Waals surface area contributed by atoms with Gasteiger partial charge in [0.25, 0.3) is 0 Å². The normalized spacial score (nSPS) is 10.6. The smallest absolute Gasteiger partial charge is 0.223 e. The molecule has 1 aromatic heterocycles. The van der Waals surface area contributed by atoms with E-state index >= 15 is 0 Å². The van der Waals surface area contributed by atoms with Crippen LogP contribution in [0.4, 0.5) is 18.9 Å². The molecular formula is C10H8F3N3O. The zero-order valence-corrected chi connectivity index (χ0v) is 8.80. The summed E-state index contributed by atoms with van der Waals surface area (Å²) in [7, 11) is 0. The van der Waals surface area contributed by atoms with E-state index < -0.39 is 17.5 Å². The molecule has 1 N–H and O–H groups in total. The Morgan fingerprint density at radius 1 is 1.24 bits per heavy atom. The maximum atomic E-state index is 12.9. The average molecular weight is 243 g/mol. The minimum Gasteiger partial charge on any atom is -0.377 e. The minimum atomic E-state index is -1.49. The van der Waals surface area contributed by atoms with Crippen LogP contribution in [0.3, 0.4) is 0 Å². The van der Waals surface area contributed by atoms with Crippen molar-refractivity contribution in [2.45, 2.75) is 13.5 Å². The molecule has 7 heteroatoms. The van der Waals surface area contributed by atoms with E-state index in [1.54, 1.807) is 6.92 Å². The van der Waals surface area contributed by atoms with E-state index in [-0.39, 0.29) is 12.2 Å². The maximum Gasteiger partial charge on any atom is 0.223 e. The molecule has 4 nitrogen and oxygen atoms in total. The summed E-state index contributed by atoms with van der Waals surface area (Å²) < 4.78 is 43.1. The molecule has 2 aromatic rings. The zero-order valence-electron chi connectivity index (χ0n) is 8.80. The van der Waals surface area contributed by atoms with Crippen LogP contribution >= 0.6 is 0 Å². The number of nitrogens with one attached hydrogen (secondary N) is 1. The number of anilines is 1. The molecule has 0 aliphatic heterocycles. The molecule has 0 aliphatic carbocycles. The van der Waals surface area contributed by atoms with Crippen LogP contribution in [0.25, 0.3) is 0 Å². The number of halogens is 3. The molecule has 0 amide bonds. The second-order valence-corrected chi connectivity index (χ2v) is 3.34. The van der Waals surface area contributed by atoms with Crippen molar-refractivity contribution < 1.29 is 17.7 Å². The van der Waals surface area contributed by atoms with Crippen LogP contribution in [0, 0.1) is 24.4 Å². The minimum absolute atomic E-state index is 0.101. The Morgan fingerprint density at radius 2 is 1.88 bits per heavy atom. The molecule has 0 radical (unpaired) electrons. The first-order valence-corrected chi connectivity index (χ1v) is 4.74. The van der Waals surface area contributed by atoms with Gasteiger partial charge in [0, 0.05) is 24.7 Å². The SMILES string of the molecule is Cc1nc(CNc2cc(F)c(F)c(F)c2)no1. The third kappa shape index (κ3) is 2.55. The quantitative estimate of drug-likeness (QED) is 0.841. The van der Waals surface area contributed by atoms with E-state index in [1.807, 2.05) is 0 Å².